The number of carbonyl (C=O) groups is 1. The van der Waals surface area contributed by atoms with Crippen LogP contribution in [0.25, 0.3) is 5.70 Å². The Kier molecular flexibility index (Phi) is 5.64. The minimum absolute atomic E-state index is 0.115. The van der Waals surface area contributed by atoms with E-state index in [1.165, 1.54) is 38.7 Å². The molecule has 2 aromatic carbocycles. The highest BCUT2D eigenvalue weighted by atomic mass is 32.2. The van der Waals surface area contributed by atoms with Crippen molar-refractivity contribution in [3.8, 4) is 0 Å². The van der Waals surface area contributed by atoms with Gasteiger partial charge in [0.05, 0.1) is 27.7 Å². The van der Waals surface area contributed by atoms with Crippen molar-refractivity contribution >= 4 is 44.9 Å². The van der Waals surface area contributed by atoms with Crippen LogP contribution in [0.2, 0.25) is 0 Å². The SMILES string of the molecule is Cc1ccc(C2=CS/C(=C3\CC(=O)N(c4ccc(S(=O)(=O)N5CCCC5)cc4)C3=N)N2)cc1. The number of nitrogens with one attached hydrogen (secondary N) is 2. The first kappa shape index (κ1) is 21.9. The third-order valence-electron chi connectivity index (χ3n) is 6.06. The summed E-state index contributed by atoms with van der Waals surface area (Å²) < 4.78 is 27.0. The molecule has 0 radical (unpaired) electrons. The molecule has 170 valence electrons. The third kappa shape index (κ3) is 4.01. The largest absolute Gasteiger partial charge is 0.349 e. The van der Waals surface area contributed by atoms with Crippen molar-refractivity contribution < 1.29 is 13.2 Å². The molecule has 9 heteroatoms. The van der Waals surface area contributed by atoms with E-state index in [1.54, 1.807) is 12.1 Å². The summed E-state index contributed by atoms with van der Waals surface area (Å²) >= 11 is 1.47. The molecule has 0 bridgehead atoms. The van der Waals surface area contributed by atoms with E-state index >= 15 is 0 Å². The lowest BCUT2D eigenvalue weighted by Crippen LogP contribution is -2.29. The van der Waals surface area contributed by atoms with Gasteiger partial charge in [0.15, 0.2) is 0 Å². The van der Waals surface area contributed by atoms with Gasteiger partial charge in [0.25, 0.3) is 0 Å². The Morgan fingerprint density at radius 1 is 1.00 bits per heavy atom. The summed E-state index contributed by atoms with van der Waals surface area (Å²) in [5, 5.41) is 14.8. The Balaban J connectivity index is 1.35. The van der Waals surface area contributed by atoms with E-state index in [4.69, 9.17) is 5.41 Å². The van der Waals surface area contributed by atoms with Gasteiger partial charge >= 0.3 is 0 Å². The highest BCUT2D eigenvalue weighted by Crippen LogP contribution is 2.37. The number of thioether (sulfide) groups is 1. The van der Waals surface area contributed by atoms with Crippen molar-refractivity contribution in [2.45, 2.75) is 31.1 Å². The topological polar surface area (TPSA) is 93.6 Å². The first-order valence-corrected chi connectivity index (χ1v) is 13.1. The molecule has 2 fully saturated rings. The molecule has 2 aromatic rings. The molecule has 33 heavy (non-hydrogen) atoms. The van der Waals surface area contributed by atoms with Crippen LogP contribution in [0.4, 0.5) is 5.69 Å². The third-order valence-corrected chi connectivity index (χ3v) is 8.91. The Bertz CT molecular complexity index is 1290. The summed E-state index contributed by atoms with van der Waals surface area (Å²) in [6.45, 7) is 3.12. The molecule has 2 saturated heterocycles. The average molecular weight is 481 g/mol. The second kappa shape index (κ2) is 8.48. The number of sulfonamides is 1. The summed E-state index contributed by atoms with van der Waals surface area (Å²) in [6, 6.07) is 14.4. The lowest BCUT2D eigenvalue weighted by Gasteiger charge is -2.18. The van der Waals surface area contributed by atoms with Gasteiger partial charge < -0.3 is 5.32 Å². The van der Waals surface area contributed by atoms with Gasteiger partial charge in [-0.1, -0.05) is 41.6 Å². The highest BCUT2D eigenvalue weighted by molar-refractivity contribution is 8.06. The number of hydrogen-bond donors (Lipinski definition) is 2. The first-order valence-electron chi connectivity index (χ1n) is 10.8. The van der Waals surface area contributed by atoms with Gasteiger partial charge in [0, 0.05) is 24.1 Å². The van der Waals surface area contributed by atoms with Crippen LogP contribution < -0.4 is 10.2 Å². The quantitative estimate of drug-likeness (QED) is 0.689. The predicted octanol–water partition coefficient (Wildman–Crippen LogP) is 4.04. The zero-order valence-corrected chi connectivity index (χ0v) is 19.8. The second-order valence-corrected chi connectivity index (χ2v) is 11.1. The summed E-state index contributed by atoms with van der Waals surface area (Å²) in [5.74, 6) is -0.0902. The van der Waals surface area contributed by atoms with Crippen LogP contribution in [-0.4, -0.2) is 37.6 Å². The number of carbonyl (C=O) groups excluding carboxylic acids is 1. The van der Waals surface area contributed by atoms with Crippen LogP contribution in [0.15, 0.2) is 69.4 Å². The maximum Gasteiger partial charge on any atom is 0.243 e. The first-order chi connectivity index (χ1) is 15.8. The monoisotopic (exact) mass is 480 g/mol. The summed E-state index contributed by atoms with van der Waals surface area (Å²) in [6.07, 6.45) is 1.87. The van der Waals surface area contributed by atoms with Crippen molar-refractivity contribution in [2.75, 3.05) is 18.0 Å². The van der Waals surface area contributed by atoms with Crippen molar-refractivity contribution in [2.24, 2.45) is 0 Å². The molecule has 0 saturated carbocycles. The fourth-order valence-electron chi connectivity index (χ4n) is 4.20. The normalized spacial score (nSPS) is 21.6. The second-order valence-electron chi connectivity index (χ2n) is 8.31. The molecule has 2 N–H and O–H groups in total. The molecular formula is C24H24N4O3S2. The molecule has 5 rings (SSSR count). The average Bonchev–Trinajstić information content (AvgIpc) is 3.55. The maximum atomic E-state index is 12.8. The number of rotatable bonds is 4. The zero-order valence-electron chi connectivity index (χ0n) is 18.2. The standard InChI is InChI=1S/C24H24N4O3S2/c1-16-4-6-17(7-5-16)21-15-32-24(26-21)20-14-22(29)28(23(20)25)18-8-10-19(11-9-18)33(30,31)27-12-2-3-13-27/h4-11,15,25-26H,2-3,12-14H2,1H3/b24-20+,25-23?. The van der Waals surface area contributed by atoms with E-state index in [9.17, 15) is 13.2 Å². The van der Waals surface area contributed by atoms with Gasteiger partial charge in [-0.05, 0) is 49.6 Å². The number of anilines is 1. The maximum absolute atomic E-state index is 12.8. The van der Waals surface area contributed by atoms with Gasteiger partial charge in [-0.25, -0.2) is 8.42 Å². The van der Waals surface area contributed by atoms with Gasteiger partial charge in [-0.3, -0.25) is 15.1 Å². The number of amidine groups is 1. The molecular weight excluding hydrogens is 456 g/mol. The molecule has 7 nitrogen and oxygen atoms in total. The Morgan fingerprint density at radius 3 is 2.33 bits per heavy atom. The van der Waals surface area contributed by atoms with Crippen LogP contribution in [0, 0.1) is 12.3 Å². The molecule has 3 heterocycles. The van der Waals surface area contributed by atoms with Gasteiger partial charge in [-0.15, -0.1) is 0 Å². The number of benzene rings is 2. The van der Waals surface area contributed by atoms with Crippen LogP contribution in [0.5, 0.6) is 0 Å². The lowest BCUT2D eigenvalue weighted by atomic mass is 10.1. The van der Waals surface area contributed by atoms with E-state index in [-0.39, 0.29) is 23.1 Å². The van der Waals surface area contributed by atoms with Crippen LogP contribution >= 0.6 is 11.8 Å². The number of nitrogens with zero attached hydrogens (tertiary/aromatic N) is 2. The molecule has 0 aromatic heterocycles. The van der Waals surface area contributed by atoms with E-state index in [0.29, 0.717) is 24.4 Å². The van der Waals surface area contributed by atoms with Gasteiger partial charge in [0.1, 0.15) is 5.84 Å². The van der Waals surface area contributed by atoms with Crippen LogP contribution in [0.1, 0.15) is 30.4 Å². The van der Waals surface area contributed by atoms with E-state index in [1.807, 2.05) is 36.6 Å². The van der Waals surface area contributed by atoms with Crippen molar-refractivity contribution in [3.05, 3.63) is 75.7 Å². The Hall–Kier alpha value is -2.88. The molecule has 1 amide bonds. The minimum Gasteiger partial charge on any atom is -0.349 e. The number of hydrogen-bond acceptors (Lipinski definition) is 6. The number of aryl methyl sites for hydroxylation is 1. The lowest BCUT2D eigenvalue weighted by molar-refractivity contribution is -0.116. The molecule has 0 aliphatic carbocycles. The van der Waals surface area contributed by atoms with Crippen LogP contribution in [0.3, 0.4) is 0 Å². The zero-order chi connectivity index (χ0) is 23.2. The Labute approximate surface area is 197 Å². The fraction of sp³-hybridized carbons (Fsp3) is 0.250. The van der Waals surface area contributed by atoms with E-state index in [2.05, 4.69) is 5.32 Å². The number of amides is 1. The fourth-order valence-corrected chi connectivity index (χ4v) is 6.63. The van der Waals surface area contributed by atoms with Crippen molar-refractivity contribution in [1.29, 1.82) is 5.41 Å². The molecule has 3 aliphatic rings. The van der Waals surface area contributed by atoms with E-state index < -0.39 is 10.0 Å². The highest BCUT2D eigenvalue weighted by Gasteiger charge is 2.36. The van der Waals surface area contributed by atoms with Crippen LogP contribution in [-0.2, 0) is 14.8 Å². The van der Waals surface area contributed by atoms with Crippen molar-refractivity contribution in [3.63, 3.8) is 0 Å². The van der Waals surface area contributed by atoms with Crippen molar-refractivity contribution in [1.82, 2.24) is 9.62 Å². The summed E-state index contributed by atoms with van der Waals surface area (Å²) in [5.41, 5.74) is 4.30. The smallest absolute Gasteiger partial charge is 0.243 e. The molecule has 3 aliphatic heterocycles. The molecule has 0 atom stereocenters. The molecule has 0 spiro atoms. The minimum atomic E-state index is -3.52. The van der Waals surface area contributed by atoms with E-state index in [0.717, 1.165) is 29.1 Å². The summed E-state index contributed by atoms with van der Waals surface area (Å²) in [7, 11) is -3.52. The Morgan fingerprint density at radius 2 is 1.67 bits per heavy atom. The van der Waals surface area contributed by atoms with Gasteiger partial charge in [-0.2, -0.15) is 4.31 Å². The predicted molar refractivity (Wildman–Crippen MR) is 131 cm³/mol. The van der Waals surface area contributed by atoms with Gasteiger partial charge in [0.2, 0.25) is 15.9 Å². The summed E-state index contributed by atoms with van der Waals surface area (Å²) in [4.78, 5) is 14.4. The molecule has 0 unspecified atom stereocenters.